The zero-order valence-electron chi connectivity index (χ0n) is 37.8. The minimum atomic E-state index is -0.698. The van der Waals surface area contributed by atoms with Crippen molar-refractivity contribution < 1.29 is 24.5 Å². The fourth-order valence-corrected chi connectivity index (χ4v) is 7.33. The van der Waals surface area contributed by atoms with Gasteiger partial charge in [0.05, 0.1) is 25.4 Å². The van der Waals surface area contributed by atoms with E-state index >= 15 is 0 Å². The summed E-state index contributed by atoms with van der Waals surface area (Å²) in [6.07, 6.45) is 55.5. The van der Waals surface area contributed by atoms with Crippen LogP contribution in [0.25, 0.3) is 0 Å². The maximum atomic E-state index is 12.4. The molecule has 57 heavy (non-hydrogen) atoms. The summed E-state index contributed by atoms with van der Waals surface area (Å²) in [6.45, 7) is 4.86. The molecular formula is C51H95NO5. The van der Waals surface area contributed by atoms with Crippen LogP contribution in [-0.4, -0.2) is 47.4 Å². The van der Waals surface area contributed by atoms with E-state index in [0.29, 0.717) is 32.3 Å². The number of carbonyl (C=O) groups is 2. The first-order chi connectivity index (χ1) is 28.0. The van der Waals surface area contributed by atoms with Gasteiger partial charge in [-0.25, -0.2) is 0 Å². The fourth-order valence-electron chi connectivity index (χ4n) is 7.33. The minimum absolute atomic E-state index is 0.0257. The molecule has 334 valence electrons. The molecule has 0 spiro atoms. The van der Waals surface area contributed by atoms with Gasteiger partial charge in [-0.3, -0.25) is 9.59 Å². The average molecular weight is 802 g/mol. The Kier molecular flexibility index (Phi) is 45.2. The average Bonchev–Trinajstić information content (AvgIpc) is 3.21. The highest BCUT2D eigenvalue weighted by Crippen LogP contribution is 2.15. The molecule has 0 aliphatic carbocycles. The number of nitrogens with one attached hydrogen (secondary N) is 1. The summed E-state index contributed by atoms with van der Waals surface area (Å²) in [5.74, 6) is -0.143. The fraction of sp³-hybridized carbons (Fsp3) is 0.843. The van der Waals surface area contributed by atoms with Gasteiger partial charge in [0, 0.05) is 12.8 Å². The standard InChI is InChI=1S/C51H95NO5/c1-3-5-7-9-11-13-15-17-18-21-25-29-33-37-41-45-51(56)57-46-42-38-34-30-26-22-19-20-24-28-32-36-40-44-50(55)52-48(47-53)49(54)43-39-35-31-27-23-16-14-12-10-8-6-4-2/h17-18,20,24,32,36,48-49,53-54H,3-16,19,21-23,25-31,33-35,37-47H2,1-2H3,(H,52,55)/b18-17-,24-20-,36-32-. The number of amides is 1. The molecule has 0 radical (unpaired) electrons. The predicted molar refractivity (Wildman–Crippen MR) is 246 cm³/mol. The molecule has 0 aromatic carbocycles. The molecule has 0 bridgehead atoms. The van der Waals surface area contributed by atoms with Crippen molar-refractivity contribution in [3.05, 3.63) is 36.5 Å². The van der Waals surface area contributed by atoms with Crippen molar-refractivity contribution in [3.63, 3.8) is 0 Å². The molecule has 6 nitrogen and oxygen atoms in total. The Morgan fingerprint density at radius 1 is 0.491 bits per heavy atom. The zero-order chi connectivity index (χ0) is 41.5. The Morgan fingerprint density at radius 3 is 1.39 bits per heavy atom. The first-order valence-electron chi connectivity index (χ1n) is 24.7. The normalized spacial score (nSPS) is 13.0. The molecule has 0 aromatic heterocycles. The smallest absolute Gasteiger partial charge is 0.305 e. The highest BCUT2D eigenvalue weighted by atomic mass is 16.5. The lowest BCUT2D eigenvalue weighted by atomic mass is 10.0. The minimum Gasteiger partial charge on any atom is -0.466 e. The van der Waals surface area contributed by atoms with E-state index in [-0.39, 0.29) is 18.5 Å². The van der Waals surface area contributed by atoms with Crippen molar-refractivity contribution in [2.24, 2.45) is 0 Å². The number of ether oxygens (including phenoxy) is 1. The Labute approximate surface area is 353 Å². The summed E-state index contributed by atoms with van der Waals surface area (Å²) in [6, 6.07) is -0.584. The van der Waals surface area contributed by atoms with Crippen LogP contribution in [0.4, 0.5) is 0 Å². The molecule has 0 rings (SSSR count). The maximum absolute atomic E-state index is 12.4. The predicted octanol–water partition coefficient (Wildman–Crippen LogP) is 14.5. The molecule has 1 amide bonds. The van der Waals surface area contributed by atoms with Gasteiger partial charge in [-0.2, -0.15) is 0 Å². The molecule has 2 unspecified atom stereocenters. The van der Waals surface area contributed by atoms with E-state index in [0.717, 1.165) is 51.4 Å². The summed E-state index contributed by atoms with van der Waals surface area (Å²) in [5, 5.41) is 23.1. The first kappa shape index (κ1) is 55.1. The highest BCUT2D eigenvalue weighted by molar-refractivity contribution is 5.76. The third kappa shape index (κ3) is 43.5. The van der Waals surface area contributed by atoms with E-state index in [9.17, 15) is 19.8 Å². The number of hydrogen-bond donors (Lipinski definition) is 3. The van der Waals surface area contributed by atoms with Crippen LogP contribution >= 0.6 is 0 Å². The molecule has 0 fully saturated rings. The lowest BCUT2D eigenvalue weighted by molar-refractivity contribution is -0.143. The van der Waals surface area contributed by atoms with E-state index in [4.69, 9.17) is 4.74 Å². The van der Waals surface area contributed by atoms with Crippen molar-refractivity contribution in [2.45, 2.75) is 264 Å². The van der Waals surface area contributed by atoms with Crippen LogP contribution in [-0.2, 0) is 14.3 Å². The Hall–Kier alpha value is -1.92. The summed E-state index contributed by atoms with van der Waals surface area (Å²) in [7, 11) is 0. The maximum Gasteiger partial charge on any atom is 0.305 e. The number of hydrogen-bond acceptors (Lipinski definition) is 5. The summed E-state index contributed by atoms with van der Waals surface area (Å²) >= 11 is 0. The Balaban J connectivity index is 3.55. The van der Waals surface area contributed by atoms with Gasteiger partial charge in [-0.15, -0.1) is 0 Å². The van der Waals surface area contributed by atoms with Crippen LogP contribution in [0.1, 0.15) is 251 Å². The van der Waals surface area contributed by atoms with Gasteiger partial charge in [0.2, 0.25) is 5.91 Å². The molecular weight excluding hydrogens is 707 g/mol. The molecule has 0 aliphatic heterocycles. The van der Waals surface area contributed by atoms with E-state index in [2.05, 4.69) is 49.5 Å². The molecule has 0 aromatic rings. The van der Waals surface area contributed by atoms with E-state index in [1.54, 1.807) is 0 Å². The van der Waals surface area contributed by atoms with Crippen molar-refractivity contribution in [1.29, 1.82) is 0 Å². The SMILES string of the molecule is CCCCCCCC/C=C\CCCCCCCC(=O)OCCCCCCCC/C=C\C/C=C\CCC(=O)NC(CO)C(O)CCCCCCCCCCCCCC. The van der Waals surface area contributed by atoms with E-state index in [1.165, 1.54) is 161 Å². The quantitative estimate of drug-likeness (QED) is 0.0324. The number of allylic oxidation sites excluding steroid dienone is 6. The van der Waals surface area contributed by atoms with Gasteiger partial charge < -0.3 is 20.3 Å². The number of aliphatic hydroxyl groups is 2. The third-order valence-electron chi connectivity index (χ3n) is 11.2. The molecule has 6 heteroatoms. The van der Waals surface area contributed by atoms with Gasteiger partial charge in [-0.1, -0.05) is 204 Å². The monoisotopic (exact) mass is 802 g/mol. The van der Waals surface area contributed by atoms with Crippen LogP contribution in [0.3, 0.4) is 0 Å². The summed E-state index contributed by atoms with van der Waals surface area (Å²) in [5.41, 5.74) is 0. The van der Waals surface area contributed by atoms with Gasteiger partial charge >= 0.3 is 5.97 Å². The number of carbonyl (C=O) groups excluding carboxylic acids is 2. The Bertz CT molecular complexity index is 931. The summed E-state index contributed by atoms with van der Waals surface area (Å²) in [4.78, 5) is 24.4. The van der Waals surface area contributed by atoms with Crippen molar-refractivity contribution >= 4 is 11.9 Å². The van der Waals surface area contributed by atoms with Crippen LogP contribution in [0.15, 0.2) is 36.5 Å². The van der Waals surface area contributed by atoms with E-state index < -0.39 is 12.1 Å². The second-order valence-corrected chi connectivity index (χ2v) is 16.8. The molecule has 0 saturated heterocycles. The van der Waals surface area contributed by atoms with Gasteiger partial charge in [0.25, 0.3) is 0 Å². The highest BCUT2D eigenvalue weighted by Gasteiger charge is 2.19. The largest absolute Gasteiger partial charge is 0.466 e. The van der Waals surface area contributed by atoms with Gasteiger partial charge in [0.15, 0.2) is 0 Å². The lowest BCUT2D eigenvalue weighted by Crippen LogP contribution is -2.45. The summed E-state index contributed by atoms with van der Waals surface area (Å²) < 4.78 is 5.44. The van der Waals surface area contributed by atoms with Gasteiger partial charge in [-0.05, 0) is 70.6 Å². The van der Waals surface area contributed by atoms with Crippen molar-refractivity contribution in [1.82, 2.24) is 5.32 Å². The number of unbranched alkanes of at least 4 members (excludes halogenated alkanes) is 28. The third-order valence-corrected chi connectivity index (χ3v) is 11.2. The molecule has 0 saturated carbocycles. The number of aliphatic hydroxyl groups excluding tert-OH is 2. The van der Waals surface area contributed by atoms with Gasteiger partial charge in [0.1, 0.15) is 0 Å². The molecule has 2 atom stereocenters. The topological polar surface area (TPSA) is 95.9 Å². The number of rotatable bonds is 45. The number of esters is 1. The Morgan fingerprint density at radius 2 is 0.895 bits per heavy atom. The first-order valence-corrected chi connectivity index (χ1v) is 24.7. The van der Waals surface area contributed by atoms with Crippen molar-refractivity contribution in [2.75, 3.05) is 13.2 Å². The molecule has 0 aliphatic rings. The molecule has 0 heterocycles. The molecule has 3 N–H and O–H groups in total. The zero-order valence-corrected chi connectivity index (χ0v) is 37.8. The second kappa shape index (κ2) is 46.8. The lowest BCUT2D eigenvalue weighted by Gasteiger charge is -2.22. The second-order valence-electron chi connectivity index (χ2n) is 16.8. The van der Waals surface area contributed by atoms with E-state index in [1.807, 2.05) is 6.08 Å². The van der Waals surface area contributed by atoms with Crippen LogP contribution in [0.2, 0.25) is 0 Å². The van der Waals surface area contributed by atoms with Crippen molar-refractivity contribution in [3.8, 4) is 0 Å². The van der Waals surface area contributed by atoms with Crippen LogP contribution in [0, 0.1) is 0 Å². The van der Waals surface area contributed by atoms with Crippen LogP contribution in [0.5, 0.6) is 0 Å². The van der Waals surface area contributed by atoms with Crippen LogP contribution < -0.4 is 5.32 Å².